The molecule has 0 aliphatic rings. The molecule has 0 saturated heterocycles. The van der Waals surface area contributed by atoms with E-state index in [1.807, 2.05) is 0 Å². The molecule has 8 nitrogen and oxygen atoms in total. The second-order valence-electron chi connectivity index (χ2n) is 2.92. The van der Waals surface area contributed by atoms with Crippen LogP contribution in [-0.2, 0) is 45.7 Å². The summed E-state index contributed by atoms with van der Waals surface area (Å²) in [6.45, 7) is 2.24. The Morgan fingerprint density at radius 2 is 1.05 bits per heavy atom. The summed E-state index contributed by atoms with van der Waals surface area (Å²) in [6, 6.07) is 0. The average molecular weight is 326 g/mol. The van der Waals surface area contributed by atoms with Gasteiger partial charge in [0.25, 0.3) is 0 Å². The van der Waals surface area contributed by atoms with Gasteiger partial charge in [-0.25, -0.2) is 0 Å². The maximum absolute atomic E-state index is 9.99. The summed E-state index contributed by atoms with van der Waals surface area (Å²) in [5, 5.41) is 19.4. The Labute approximate surface area is 120 Å². The quantitative estimate of drug-likeness (QED) is 0.383. The number of carbonyl (C=O) groups is 4. The number of ether oxygens (including phenoxy) is 2. The summed E-state index contributed by atoms with van der Waals surface area (Å²) >= 11 is 0. The van der Waals surface area contributed by atoms with Crippen LogP contribution in [0, 0.1) is 0 Å². The van der Waals surface area contributed by atoms with Crippen molar-refractivity contribution < 1.29 is 55.9 Å². The summed E-state index contributed by atoms with van der Waals surface area (Å²) < 4.78 is 8.59. The molecule has 0 N–H and O–H groups in total. The largest absolute Gasteiger partial charge is 2.00 e. The molecule has 0 aliphatic heterocycles. The molecular formula is C10H14CuO8. The molecule has 113 valence electrons. The van der Waals surface area contributed by atoms with Crippen molar-refractivity contribution >= 4 is 23.9 Å². The molecule has 0 bridgehead atoms. The monoisotopic (exact) mass is 325 g/mol. The molecule has 19 heavy (non-hydrogen) atoms. The number of rotatable bonds is 6. The van der Waals surface area contributed by atoms with Gasteiger partial charge in [-0.2, -0.15) is 0 Å². The van der Waals surface area contributed by atoms with Gasteiger partial charge in [-0.15, -0.1) is 0 Å². The third-order valence-corrected chi connectivity index (χ3v) is 1.22. The van der Waals surface area contributed by atoms with Crippen molar-refractivity contribution in [2.24, 2.45) is 0 Å². The van der Waals surface area contributed by atoms with E-state index in [4.69, 9.17) is 0 Å². The van der Waals surface area contributed by atoms with Crippen molar-refractivity contribution in [3.8, 4) is 0 Å². The average Bonchev–Trinajstić information content (AvgIpc) is 2.15. The second-order valence-corrected chi connectivity index (χ2v) is 2.92. The van der Waals surface area contributed by atoms with Gasteiger partial charge in [0, 0.05) is 38.6 Å². The summed E-state index contributed by atoms with van der Waals surface area (Å²) in [7, 11) is 0. The zero-order chi connectivity index (χ0) is 14.6. The van der Waals surface area contributed by atoms with E-state index < -0.39 is 23.9 Å². The van der Waals surface area contributed by atoms with E-state index in [-0.39, 0.29) is 43.1 Å². The minimum atomic E-state index is -1.21. The van der Waals surface area contributed by atoms with Crippen LogP contribution in [0.25, 0.3) is 0 Å². The zero-order valence-electron chi connectivity index (χ0n) is 10.4. The van der Waals surface area contributed by atoms with Crippen molar-refractivity contribution in [3.63, 3.8) is 0 Å². The molecule has 9 heteroatoms. The molecule has 0 amide bonds. The van der Waals surface area contributed by atoms with Gasteiger partial charge in [0.1, 0.15) is 0 Å². The smallest absolute Gasteiger partial charge is 0.550 e. The van der Waals surface area contributed by atoms with Gasteiger partial charge in [-0.05, 0) is 0 Å². The fourth-order valence-corrected chi connectivity index (χ4v) is 0.556. The Bertz CT molecular complexity index is 244. The fraction of sp³-hybridized carbons (Fsp3) is 0.600. The summed E-state index contributed by atoms with van der Waals surface area (Å²) in [5.41, 5.74) is 0. The van der Waals surface area contributed by atoms with Crippen LogP contribution in [0.5, 0.6) is 0 Å². The van der Waals surface area contributed by atoms with Crippen LogP contribution < -0.4 is 10.2 Å². The Morgan fingerprint density at radius 3 is 1.21 bits per heavy atom. The first-order valence-electron chi connectivity index (χ1n) is 4.92. The first-order chi connectivity index (χ1) is 8.25. The van der Waals surface area contributed by atoms with Crippen molar-refractivity contribution in [3.05, 3.63) is 0 Å². The van der Waals surface area contributed by atoms with Crippen molar-refractivity contribution in [2.75, 3.05) is 13.2 Å². The number of carbonyl (C=O) groups excluding carboxylic acids is 4. The molecule has 0 aromatic carbocycles. The van der Waals surface area contributed by atoms with Gasteiger partial charge in [-0.1, -0.05) is 0 Å². The number of esters is 2. The molecule has 0 spiro atoms. The molecule has 0 rings (SSSR count). The molecule has 1 radical (unpaired) electrons. The van der Waals surface area contributed by atoms with E-state index in [0.29, 0.717) is 0 Å². The summed E-state index contributed by atoms with van der Waals surface area (Å²) in [5.74, 6) is -3.37. The Morgan fingerprint density at radius 1 is 0.789 bits per heavy atom. The van der Waals surface area contributed by atoms with Gasteiger partial charge < -0.3 is 29.3 Å². The van der Waals surface area contributed by atoms with E-state index >= 15 is 0 Å². The summed E-state index contributed by atoms with van der Waals surface area (Å²) in [4.78, 5) is 39.3. The first kappa shape index (κ1) is 22.6. The van der Waals surface area contributed by atoms with Crippen LogP contribution in [0.1, 0.15) is 26.7 Å². The van der Waals surface area contributed by atoms with Crippen LogP contribution in [0.2, 0.25) is 0 Å². The van der Waals surface area contributed by atoms with Crippen LogP contribution in [0.3, 0.4) is 0 Å². The molecule has 0 aliphatic carbocycles. The first-order valence-corrected chi connectivity index (χ1v) is 4.92. The maximum atomic E-state index is 9.99. The zero-order valence-corrected chi connectivity index (χ0v) is 11.3. The molecular weight excluding hydrogens is 312 g/mol. The Kier molecular flexibility index (Phi) is 17.2. The summed E-state index contributed by atoms with van der Waals surface area (Å²) in [6.07, 6.45) is -0.473. The molecule has 0 saturated carbocycles. The van der Waals surface area contributed by atoms with E-state index in [2.05, 4.69) is 9.47 Å². The number of carboxylic acid groups (broad SMARTS) is 2. The minimum absolute atomic E-state index is 0. The predicted molar refractivity (Wildman–Crippen MR) is 52.5 cm³/mol. The third kappa shape index (κ3) is 31.4. The fourth-order valence-electron chi connectivity index (χ4n) is 0.556. The maximum Gasteiger partial charge on any atom is 2.00 e. The number of hydrogen-bond acceptors (Lipinski definition) is 8. The van der Waals surface area contributed by atoms with Gasteiger partial charge >= 0.3 is 29.0 Å². The Balaban J connectivity index is -0.000000256. The minimum Gasteiger partial charge on any atom is -0.550 e. The van der Waals surface area contributed by atoms with Gasteiger partial charge in [0.2, 0.25) is 0 Å². The van der Waals surface area contributed by atoms with Gasteiger partial charge in [-0.3, -0.25) is 9.59 Å². The number of hydrogen-bond donors (Lipinski definition) is 0. The van der Waals surface area contributed by atoms with Crippen LogP contribution >= 0.6 is 0 Å². The third-order valence-electron chi connectivity index (χ3n) is 1.22. The number of aliphatic carboxylic acids is 2. The van der Waals surface area contributed by atoms with Gasteiger partial charge in [0.15, 0.2) is 0 Å². The molecule has 0 unspecified atom stereocenters. The van der Waals surface area contributed by atoms with Crippen LogP contribution in [0.15, 0.2) is 0 Å². The van der Waals surface area contributed by atoms with E-state index in [9.17, 15) is 29.4 Å². The molecule has 0 aromatic rings. The molecule has 0 fully saturated rings. The van der Waals surface area contributed by atoms with Crippen LogP contribution in [-0.4, -0.2) is 37.1 Å². The van der Waals surface area contributed by atoms with E-state index in [1.165, 1.54) is 13.8 Å². The Hall–Kier alpha value is -1.60. The van der Waals surface area contributed by atoms with Crippen molar-refractivity contribution in [2.45, 2.75) is 26.7 Å². The predicted octanol–water partition coefficient (Wildman–Crippen LogP) is -2.62. The van der Waals surface area contributed by atoms with Crippen molar-refractivity contribution in [1.29, 1.82) is 0 Å². The second kappa shape index (κ2) is 14.5. The standard InChI is InChI=1S/2C5H8O4.Cu/c2*1-4(6)9-3-2-5(7)8;/h2*2-3H2,1H3,(H,7,8);/q;;+2/p-2. The molecule has 0 atom stereocenters. The van der Waals surface area contributed by atoms with Gasteiger partial charge in [0.05, 0.1) is 13.2 Å². The van der Waals surface area contributed by atoms with E-state index in [1.54, 1.807) is 0 Å². The molecule has 0 aromatic heterocycles. The molecule has 0 heterocycles. The topological polar surface area (TPSA) is 133 Å². The SMILES string of the molecule is CC(=O)OCCC(=O)[O-].CC(=O)OCCC(=O)[O-].[Cu+2]. The van der Waals surface area contributed by atoms with Crippen LogP contribution in [0.4, 0.5) is 0 Å². The van der Waals surface area contributed by atoms with Crippen molar-refractivity contribution in [1.82, 2.24) is 0 Å². The normalized spacial score (nSPS) is 8.11. The number of carboxylic acids is 2. The van der Waals surface area contributed by atoms with E-state index in [0.717, 1.165) is 0 Å².